The predicted molar refractivity (Wildman–Crippen MR) is 66.1 cm³/mol. The molecular weight excluding hydrogens is 216 g/mol. The molecule has 0 radical (unpaired) electrons. The Morgan fingerprint density at radius 3 is 2.59 bits per heavy atom. The minimum Gasteiger partial charge on any atom is -0.465 e. The molecule has 0 aliphatic rings. The Balaban J connectivity index is 2.69. The van der Waals surface area contributed by atoms with Crippen molar-refractivity contribution in [2.24, 2.45) is 0 Å². The third kappa shape index (κ3) is 4.02. The van der Waals surface area contributed by atoms with Gasteiger partial charge in [0.1, 0.15) is 6.42 Å². The van der Waals surface area contributed by atoms with Crippen molar-refractivity contribution >= 4 is 11.8 Å². The summed E-state index contributed by atoms with van der Waals surface area (Å²) in [6.45, 7) is 6.08. The number of esters is 1. The van der Waals surface area contributed by atoms with Gasteiger partial charge in [0.25, 0.3) is 0 Å². The average Bonchev–Trinajstić information content (AvgIpc) is 2.29. The van der Waals surface area contributed by atoms with Gasteiger partial charge < -0.3 is 4.74 Å². The minimum atomic E-state index is -0.447. The van der Waals surface area contributed by atoms with Crippen LogP contribution in [0.5, 0.6) is 0 Å². The molecule has 1 rings (SSSR count). The zero-order valence-corrected chi connectivity index (χ0v) is 10.6. The SMILES string of the molecule is CCCOC(=O)CC(=O)c1cc(C)ccc1C. The van der Waals surface area contributed by atoms with Crippen molar-refractivity contribution in [3.63, 3.8) is 0 Å². The number of benzene rings is 1. The quantitative estimate of drug-likeness (QED) is 0.447. The molecule has 0 aliphatic heterocycles. The fourth-order valence-corrected chi connectivity index (χ4v) is 1.53. The molecule has 0 saturated carbocycles. The van der Waals surface area contributed by atoms with Gasteiger partial charge in [-0.25, -0.2) is 0 Å². The number of hydrogen-bond acceptors (Lipinski definition) is 3. The van der Waals surface area contributed by atoms with Crippen LogP contribution in [-0.4, -0.2) is 18.4 Å². The summed E-state index contributed by atoms with van der Waals surface area (Å²) in [5, 5.41) is 0. The summed E-state index contributed by atoms with van der Waals surface area (Å²) in [5.74, 6) is -0.620. The van der Waals surface area contributed by atoms with Gasteiger partial charge in [-0.2, -0.15) is 0 Å². The average molecular weight is 234 g/mol. The number of rotatable bonds is 5. The van der Waals surface area contributed by atoms with E-state index in [4.69, 9.17) is 4.74 Å². The first kappa shape index (κ1) is 13.4. The molecule has 0 aromatic heterocycles. The molecule has 0 saturated heterocycles. The van der Waals surface area contributed by atoms with Crippen LogP contribution in [0.2, 0.25) is 0 Å². The van der Waals surface area contributed by atoms with Crippen molar-refractivity contribution in [3.05, 3.63) is 34.9 Å². The molecule has 0 amide bonds. The molecule has 1 aromatic rings. The summed E-state index contributed by atoms with van der Waals surface area (Å²) in [7, 11) is 0. The maximum absolute atomic E-state index is 11.9. The fourth-order valence-electron chi connectivity index (χ4n) is 1.53. The lowest BCUT2D eigenvalue weighted by Crippen LogP contribution is -2.13. The lowest BCUT2D eigenvalue weighted by Gasteiger charge is -2.06. The largest absolute Gasteiger partial charge is 0.465 e. The third-order valence-electron chi connectivity index (χ3n) is 2.47. The van der Waals surface area contributed by atoms with Crippen LogP contribution in [-0.2, 0) is 9.53 Å². The van der Waals surface area contributed by atoms with E-state index >= 15 is 0 Å². The summed E-state index contributed by atoms with van der Waals surface area (Å²) in [6, 6.07) is 5.65. The summed E-state index contributed by atoms with van der Waals surface area (Å²) in [6.07, 6.45) is 0.591. The van der Waals surface area contributed by atoms with Crippen molar-refractivity contribution in [2.45, 2.75) is 33.6 Å². The lowest BCUT2D eigenvalue weighted by molar-refractivity contribution is -0.142. The Kier molecular flexibility index (Phi) is 4.88. The Labute approximate surface area is 102 Å². The number of carbonyl (C=O) groups is 2. The van der Waals surface area contributed by atoms with Gasteiger partial charge in [0.15, 0.2) is 5.78 Å². The van der Waals surface area contributed by atoms with Crippen LogP contribution in [0.15, 0.2) is 18.2 Å². The maximum atomic E-state index is 11.9. The van der Waals surface area contributed by atoms with Crippen molar-refractivity contribution in [1.29, 1.82) is 0 Å². The molecule has 0 unspecified atom stereocenters. The molecule has 0 aliphatic carbocycles. The van der Waals surface area contributed by atoms with Crippen LogP contribution in [0.3, 0.4) is 0 Å². The van der Waals surface area contributed by atoms with Crippen LogP contribution in [0, 0.1) is 13.8 Å². The summed E-state index contributed by atoms with van der Waals surface area (Å²) < 4.78 is 4.89. The number of aryl methyl sites for hydroxylation is 2. The van der Waals surface area contributed by atoms with E-state index in [1.807, 2.05) is 39.0 Å². The second-order valence-corrected chi connectivity index (χ2v) is 4.14. The molecule has 0 N–H and O–H groups in total. The number of hydrogen-bond donors (Lipinski definition) is 0. The van der Waals surface area contributed by atoms with E-state index in [9.17, 15) is 9.59 Å². The highest BCUT2D eigenvalue weighted by Crippen LogP contribution is 2.13. The third-order valence-corrected chi connectivity index (χ3v) is 2.47. The van der Waals surface area contributed by atoms with E-state index in [-0.39, 0.29) is 12.2 Å². The monoisotopic (exact) mass is 234 g/mol. The van der Waals surface area contributed by atoms with Crippen molar-refractivity contribution in [1.82, 2.24) is 0 Å². The molecule has 0 fully saturated rings. The Morgan fingerprint density at radius 2 is 1.94 bits per heavy atom. The first-order valence-corrected chi connectivity index (χ1v) is 5.80. The number of Topliss-reactive ketones (excluding diaryl/α,β-unsaturated/α-hetero) is 1. The molecule has 0 atom stereocenters. The maximum Gasteiger partial charge on any atom is 0.313 e. The second kappa shape index (κ2) is 6.18. The smallest absolute Gasteiger partial charge is 0.313 e. The van der Waals surface area contributed by atoms with Gasteiger partial charge >= 0.3 is 5.97 Å². The van der Waals surface area contributed by atoms with Crippen molar-refractivity contribution in [2.75, 3.05) is 6.61 Å². The van der Waals surface area contributed by atoms with Gasteiger partial charge in [-0.1, -0.05) is 24.6 Å². The normalized spacial score (nSPS) is 10.1. The van der Waals surface area contributed by atoms with Gasteiger partial charge in [0, 0.05) is 5.56 Å². The van der Waals surface area contributed by atoms with Crippen molar-refractivity contribution < 1.29 is 14.3 Å². The molecular formula is C14H18O3. The molecule has 92 valence electrons. The van der Waals surface area contributed by atoms with Crippen LogP contribution >= 0.6 is 0 Å². The first-order chi connectivity index (χ1) is 8.04. The Morgan fingerprint density at radius 1 is 1.24 bits per heavy atom. The van der Waals surface area contributed by atoms with Gasteiger partial charge in [0.05, 0.1) is 6.61 Å². The molecule has 0 bridgehead atoms. The van der Waals surface area contributed by atoms with Crippen LogP contribution < -0.4 is 0 Å². The molecule has 3 nitrogen and oxygen atoms in total. The lowest BCUT2D eigenvalue weighted by atomic mass is 10.0. The second-order valence-electron chi connectivity index (χ2n) is 4.14. The van der Waals surface area contributed by atoms with E-state index in [2.05, 4.69) is 0 Å². The van der Waals surface area contributed by atoms with E-state index in [1.54, 1.807) is 0 Å². The highest BCUT2D eigenvalue weighted by Gasteiger charge is 2.14. The van der Waals surface area contributed by atoms with Crippen LogP contribution in [0.1, 0.15) is 41.3 Å². The highest BCUT2D eigenvalue weighted by atomic mass is 16.5. The Hall–Kier alpha value is -1.64. The molecule has 0 heterocycles. The minimum absolute atomic E-state index is 0.174. The molecule has 0 spiro atoms. The highest BCUT2D eigenvalue weighted by molar-refractivity contribution is 6.06. The van der Waals surface area contributed by atoms with E-state index in [0.717, 1.165) is 17.5 Å². The molecule has 1 aromatic carbocycles. The van der Waals surface area contributed by atoms with Crippen LogP contribution in [0.4, 0.5) is 0 Å². The van der Waals surface area contributed by atoms with E-state index in [0.29, 0.717) is 12.2 Å². The van der Waals surface area contributed by atoms with Gasteiger partial charge in [-0.05, 0) is 31.9 Å². The number of ether oxygens (including phenoxy) is 1. The van der Waals surface area contributed by atoms with E-state index < -0.39 is 5.97 Å². The van der Waals surface area contributed by atoms with E-state index in [1.165, 1.54) is 0 Å². The summed E-state index contributed by atoms with van der Waals surface area (Å²) in [5.41, 5.74) is 2.52. The number of carbonyl (C=O) groups excluding carboxylic acids is 2. The van der Waals surface area contributed by atoms with Gasteiger partial charge in [-0.15, -0.1) is 0 Å². The predicted octanol–water partition coefficient (Wildman–Crippen LogP) is 2.83. The van der Waals surface area contributed by atoms with Gasteiger partial charge in [0.2, 0.25) is 0 Å². The molecule has 3 heteroatoms. The first-order valence-electron chi connectivity index (χ1n) is 5.80. The molecule has 17 heavy (non-hydrogen) atoms. The number of ketones is 1. The van der Waals surface area contributed by atoms with Gasteiger partial charge in [-0.3, -0.25) is 9.59 Å². The summed E-state index contributed by atoms with van der Waals surface area (Å²) in [4.78, 5) is 23.2. The fraction of sp³-hybridized carbons (Fsp3) is 0.429. The summed E-state index contributed by atoms with van der Waals surface area (Å²) >= 11 is 0. The standard InChI is InChI=1S/C14H18O3/c1-4-7-17-14(16)9-13(15)12-8-10(2)5-6-11(12)3/h5-6,8H,4,7,9H2,1-3H3. The topological polar surface area (TPSA) is 43.4 Å². The van der Waals surface area contributed by atoms with Crippen molar-refractivity contribution in [3.8, 4) is 0 Å². The zero-order valence-electron chi connectivity index (χ0n) is 10.6. The van der Waals surface area contributed by atoms with Crippen LogP contribution in [0.25, 0.3) is 0 Å². The Bertz CT molecular complexity index is 421. The zero-order chi connectivity index (χ0) is 12.8.